The summed E-state index contributed by atoms with van der Waals surface area (Å²) in [7, 11) is -4.21. The Morgan fingerprint density at radius 1 is 1.15 bits per heavy atom. The van der Waals surface area contributed by atoms with E-state index >= 15 is 0 Å². The second kappa shape index (κ2) is 9.34. The van der Waals surface area contributed by atoms with Gasteiger partial charge in [-0.1, -0.05) is 24.3 Å². The lowest BCUT2D eigenvalue weighted by atomic mass is 9.91. The fourth-order valence-electron chi connectivity index (χ4n) is 4.27. The molecule has 7 nitrogen and oxygen atoms in total. The molecule has 0 bridgehead atoms. The average Bonchev–Trinajstić information content (AvgIpc) is 3.18. The Morgan fingerprint density at radius 2 is 1.91 bits per heavy atom. The van der Waals surface area contributed by atoms with Gasteiger partial charge in [0, 0.05) is 17.6 Å². The summed E-state index contributed by atoms with van der Waals surface area (Å²) in [5.74, 6) is -0.862. The molecule has 2 aromatic carbocycles. The molecule has 0 saturated heterocycles. The standard InChI is InChI=1S/C22H22F4N4O3S/c1-14-28-27-13-30(14)17-6-4-5-16(12-17)29-34(31,32)21-10-9-15(11-19(21)23)18-7-2-3-8-20(18)33-22(24,25)26/h2-3,7-11,13,16-17,29H,4-6,12H2,1H3/t16-,17+/m0/s1. The van der Waals surface area contributed by atoms with Crippen LogP contribution in [0.1, 0.15) is 37.5 Å². The second-order valence-corrected chi connectivity index (χ2v) is 9.80. The largest absolute Gasteiger partial charge is 0.573 e. The van der Waals surface area contributed by atoms with E-state index in [-0.39, 0.29) is 17.2 Å². The minimum absolute atomic E-state index is 0.0185. The van der Waals surface area contributed by atoms with Crippen molar-refractivity contribution in [3.05, 3.63) is 60.4 Å². The average molecular weight is 499 g/mol. The molecule has 0 aliphatic heterocycles. The van der Waals surface area contributed by atoms with E-state index < -0.39 is 38.9 Å². The highest BCUT2D eigenvalue weighted by molar-refractivity contribution is 7.89. The van der Waals surface area contributed by atoms with Crippen molar-refractivity contribution in [2.24, 2.45) is 0 Å². The van der Waals surface area contributed by atoms with Crippen molar-refractivity contribution in [2.45, 2.75) is 55.9 Å². The van der Waals surface area contributed by atoms with Crippen LogP contribution >= 0.6 is 0 Å². The molecule has 1 N–H and O–H groups in total. The van der Waals surface area contributed by atoms with Crippen LogP contribution in [0.2, 0.25) is 0 Å². The van der Waals surface area contributed by atoms with Gasteiger partial charge in [0.2, 0.25) is 10.0 Å². The van der Waals surface area contributed by atoms with Gasteiger partial charge in [0.05, 0.1) is 0 Å². The van der Waals surface area contributed by atoms with E-state index in [0.717, 1.165) is 36.9 Å². The Balaban J connectivity index is 1.54. The zero-order valence-corrected chi connectivity index (χ0v) is 18.9. The van der Waals surface area contributed by atoms with Gasteiger partial charge in [-0.2, -0.15) is 0 Å². The Labute approximate surface area is 193 Å². The van der Waals surface area contributed by atoms with Crippen LogP contribution in [0.25, 0.3) is 11.1 Å². The van der Waals surface area contributed by atoms with Crippen LogP contribution in [-0.2, 0) is 10.0 Å². The van der Waals surface area contributed by atoms with Crippen molar-refractivity contribution in [1.82, 2.24) is 19.5 Å². The van der Waals surface area contributed by atoms with Crippen molar-refractivity contribution in [1.29, 1.82) is 0 Å². The molecule has 0 unspecified atom stereocenters. The van der Waals surface area contributed by atoms with E-state index in [1.165, 1.54) is 24.3 Å². The SMILES string of the molecule is Cc1nncn1[C@@H]1CCC[C@H](NS(=O)(=O)c2ccc(-c3ccccc3OC(F)(F)F)cc2F)C1. The van der Waals surface area contributed by atoms with Crippen LogP contribution in [-0.4, -0.2) is 35.6 Å². The van der Waals surface area contributed by atoms with Gasteiger partial charge in [-0.3, -0.25) is 0 Å². The minimum atomic E-state index is -4.93. The van der Waals surface area contributed by atoms with Gasteiger partial charge in [0.1, 0.15) is 28.6 Å². The molecule has 12 heteroatoms. The van der Waals surface area contributed by atoms with Gasteiger partial charge in [-0.25, -0.2) is 17.5 Å². The van der Waals surface area contributed by atoms with Crippen molar-refractivity contribution < 1.29 is 30.7 Å². The third-order valence-corrected chi connectivity index (χ3v) is 7.31. The summed E-state index contributed by atoms with van der Waals surface area (Å²) in [6.07, 6.45) is -0.605. The van der Waals surface area contributed by atoms with E-state index in [9.17, 15) is 26.0 Å². The smallest absolute Gasteiger partial charge is 0.405 e. The lowest BCUT2D eigenvalue weighted by molar-refractivity contribution is -0.274. The first-order chi connectivity index (χ1) is 16.0. The molecule has 182 valence electrons. The third kappa shape index (κ3) is 5.39. The number of benzene rings is 2. The molecule has 1 fully saturated rings. The number of aromatic nitrogens is 3. The van der Waals surface area contributed by atoms with Gasteiger partial charge in [-0.05, 0) is 56.4 Å². The number of para-hydroxylation sites is 1. The summed E-state index contributed by atoms with van der Waals surface area (Å²) in [5, 5.41) is 7.83. The fourth-order valence-corrected chi connectivity index (χ4v) is 5.61. The zero-order chi connectivity index (χ0) is 24.5. The molecule has 3 aromatic rings. The van der Waals surface area contributed by atoms with E-state index in [1.54, 1.807) is 6.33 Å². The summed E-state index contributed by atoms with van der Waals surface area (Å²) < 4.78 is 87.4. The number of ether oxygens (including phenoxy) is 1. The first-order valence-corrected chi connectivity index (χ1v) is 12.0. The number of alkyl halides is 3. The number of rotatable bonds is 6. The van der Waals surface area contributed by atoms with Crippen LogP contribution in [0, 0.1) is 12.7 Å². The van der Waals surface area contributed by atoms with Crippen LogP contribution in [0.3, 0.4) is 0 Å². The van der Waals surface area contributed by atoms with Crippen LogP contribution in [0.5, 0.6) is 5.75 Å². The van der Waals surface area contributed by atoms with Crippen LogP contribution < -0.4 is 9.46 Å². The first-order valence-electron chi connectivity index (χ1n) is 10.6. The molecule has 0 spiro atoms. The molecule has 1 heterocycles. The predicted molar refractivity (Wildman–Crippen MR) is 115 cm³/mol. The first kappa shape index (κ1) is 24.1. The number of sulfonamides is 1. The predicted octanol–water partition coefficient (Wildman–Crippen LogP) is 4.75. The topological polar surface area (TPSA) is 86.1 Å². The van der Waals surface area contributed by atoms with Crippen LogP contribution in [0.15, 0.2) is 53.7 Å². The molecule has 0 radical (unpaired) electrons. The summed E-state index contributed by atoms with van der Waals surface area (Å²) in [6, 6.07) is 8.04. The number of nitrogens with one attached hydrogen (secondary N) is 1. The van der Waals surface area contributed by atoms with E-state index in [0.29, 0.717) is 12.8 Å². The van der Waals surface area contributed by atoms with Gasteiger partial charge < -0.3 is 9.30 Å². The maximum Gasteiger partial charge on any atom is 0.573 e. The van der Waals surface area contributed by atoms with Gasteiger partial charge >= 0.3 is 6.36 Å². The molecule has 1 aliphatic carbocycles. The number of nitrogens with zero attached hydrogens (tertiary/aromatic N) is 3. The molecular weight excluding hydrogens is 476 g/mol. The minimum Gasteiger partial charge on any atom is -0.405 e. The maximum atomic E-state index is 14.9. The lowest BCUT2D eigenvalue weighted by Gasteiger charge is -2.30. The summed E-state index contributed by atoms with van der Waals surface area (Å²) in [4.78, 5) is -0.576. The third-order valence-electron chi connectivity index (χ3n) is 5.76. The molecule has 4 rings (SSSR count). The van der Waals surface area contributed by atoms with Gasteiger partial charge in [0.15, 0.2) is 0 Å². The number of halogens is 4. The van der Waals surface area contributed by atoms with E-state index in [2.05, 4.69) is 19.7 Å². The summed E-state index contributed by atoms with van der Waals surface area (Å²) in [5.41, 5.74) is 0.0344. The van der Waals surface area contributed by atoms with Crippen molar-refractivity contribution in [3.8, 4) is 16.9 Å². The molecule has 1 aromatic heterocycles. The summed E-state index contributed by atoms with van der Waals surface area (Å²) >= 11 is 0. The Bertz CT molecular complexity index is 1280. The molecular formula is C22H22F4N4O3S. The van der Waals surface area contributed by atoms with Crippen molar-refractivity contribution in [2.75, 3.05) is 0 Å². The molecule has 34 heavy (non-hydrogen) atoms. The number of hydrogen-bond acceptors (Lipinski definition) is 5. The maximum absolute atomic E-state index is 14.9. The van der Waals surface area contributed by atoms with Crippen molar-refractivity contribution in [3.63, 3.8) is 0 Å². The van der Waals surface area contributed by atoms with E-state index in [1.807, 2.05) is 11.5 Å². The molecule has 0 amide bonds. The quantitative estimate of drug-likeness (QED) is 0.496. The highest BCUT2D eigenvalue weighted by Gasteiger charge is 2.33. The highest BCUT2D eigenvalue weighted by Crippen LogP contribution is 2.35. The number of aryl methyl sites for hydroxylation is 1. The Morgan fingerprint density at radius 3 is 2.59 bits per heavy atom. The summed E-state index contributed by atoms with van der Waals surface area (Å²) in [6.45, 7) is 1.82. The zero-order valence-electron chi connectivity index (χ0n) is 18.1. The van der Waals surface area contributed by atoms with Crippen LogP contribution in [0.4, 0.5) is 17.6 Å². The Hall–Kier alpha value is -2.99. The highest BCUT2D eigenvalue weighted by atomic mass is 32.2. The van der Waals surface area contributed by atoms with Crippen molar-refractivity contribution >= 4 is 10.0 Å². The molecule has 1 aliphatic rings. The van der Waals surface area contributed by atoms with E-state index in [4.69, 9.17) is 0 Å². The Kier molecular flexibility index (Phi) is 6.63. The normalized spacial score (nSPS) is 19.2. The lowest BCUT2D eigenvalue weighted by Crippen LogP contribution is -2.39. The van der Waals surface area contributed by atoms with Gasteiger partial charge in [0.25, 0.3) is 0 Å². The van der Waals surface area contributed by atoms with Gasteiger partial charge in [-0.15, -0.1) is 23.4 Å². The number of hydrogen-bond donors (Lipinski definition) is 1. The molecule has 2 atom stereocenters. The monoisotopic (exact) mass is 498 g/mol. The second-order valence-electron chi connectivity index (χ2n) is 8.11. The fraction of sp³-hybridized carbons (Fsp3) is 0.364. The molecule has 1 saturated carbocycles.